The van der Waals surface area contributed by atoms with Crippen molar-refractivity contribution in [1.82, 2.24) is 14.5 Å². The Hall–Kier alpha value is -1.45. The van der Waals surface area contributed by atoms with E-state index in [1.807, 2.05) is 31.4 Å². The lowest BCUT2D eigenvalue weighted by atomic mass is 10.0. The Morgan fingerprint density at radius 3 is 2.62 bits per heavy atom. The normalized spacial score (nSPS) is 20.8. The van der Waals surface area contributed by atoms with Crippen LogP contribution in [0.1, 0.15) is 44.4 Å². The molecule has 1 aromatic rings. The Morgan fingerprint density at radius 1 is 1.31 bits per heavy atom. The minimum Gasteiger partial charge on any atom is -0.343 e. The van der Waals surface area contributed by atoms with E-state index in [2.05, 4.69) is 4.72 Å². The van der Waals surface area contributed by atoms with E-state index in [-0.39, 0.29) is 29.0 Å². The Bertz CT molecular complexity index is 819. The van der Waals surface area contributed by atoms with Crippen LogP contribution in [0, 0.1) is 5.92 Å². The number of rotatable bonds is 9. The molecular formula is C20H31N3O4S2. The maximum atomic E-state index is 13.2. The molecule has 0 aromatic carbocycles. The lowest BCUT2D eigenvalue weighted by molar-refractivity contribution is -0.137. The zero-order valence-corrected chi connectivity index (χ0v) is 19.0. The van der Waals surface area contributed by atoms with Gasteiger partial charge in [-0.25, -0.2) is 13.1 Å². The molecule has 2 fully saturated rings. The van der Waals surface area contributed by atoms with Crippen molar-refractivity contribution >= 4 is 33.2 Å². The quantitative estimate of drug-likeness (QED) is 0.634. The third kappa shape index (κ3) is 5.58. The van der Waals surface area contributed by atoms with Crippen LogP contribution < -0.4 is 4.72 Å². The fraction of sp³-hybridized carbons (Fsp3) is 0.700. The van der Waals surface area contributed by atoms with E-state index in [1.165, 1.54) is 0 Å². The predicted molar refractivity (Wildman–Crippen MR) is 114 cm³/mol. The molecule has 2 aliphatic rings. The largest absolute Gasteiger partial charge is 0.343 e. The summed E-state index contributed by atoms with van der Waals surface area (Å²) in [7, 11) is -1.68. The minimum absolute atomic E-state index is 0.0293. The van der Waals surface area contributed by atoms with E-state index < -0.39 is 16.1 Å². The lowest BCUT2D eigenvalue weighted by Crippen LogP contribution is -2.54. The van der Waals surface area contributed by atoms with Crippen molar-refractivity contribution in [3.05, 3.63) is 22.4 Å². The monoisotopic (exact) mass is 441 g/mol. The van der Waals surface area contributed by atoms with Gasteiger partial charge in [0.25, 0.3) is 0 Å². The van der Waals surface area contributed by atoms with Crippen LogP contribution in [-0.4, -0.2) is 67.5 Å². The molecule has 2 heterocycles. The van der Waals surface area contributed by atoms with Gasteiger partial charge in [0, 0.05) is 31.1 Å². The van der Waals surface area contributed by atoms with Gasteiger partial charge in [-0.05, 0) is 43.0 Å². The first-order valence-electron chi connectivity index (χ1n) is 10.3. The molecule has 1 saturated heterocycles. The molecule has 1 aliphatic heterocycles. The summed E-state index contributed by atoms with van der Waals surface area (Å²) < 4.78 is 27.4. The van der Waals surface area contributed by atoms with Crippen LogP contribution in [0.15, 0.2) is 17.5 Å². The second-order valence-corrected chi connectivity index (χ2v) is 11.5. The summed E-state index contributed by atoms with van der Waals surface area (Å²) in [6.45, 7) is 4.79. The SMILES string of the molecule is CC(C)[C@@H](NS(=O)(=O)C1CC1)C(=O)N1CCCC1CN(C)C(=O)Cc1cccs1. The van der Waals surface area contributed by atoms with Crippen LogP contribution in [0.25, 0.3) is 0 Å². The molecule has 9 heteroatoms. The van der Waals surface area contributed by atoms with Crippen molar-refractivity contribution in [3.63, 3.8) is 0 Å². The van der Waals surface area contributed by atoms with E-state index in [0.29, 0.717) is 32.4 Å². The fourth-order valence-corrected chi connectivity index (χ4v) is 6.10. The summed E-state index contributed by atoms with van der Waals surface area (Å²) >= 11 is 1.56. The minimum atomic E-state index is -3.45. The van der Waals surface area contributed by atoms with E-state index in [4.69, 9.17) is 0 Å². The predicted octanol–water partition coefficient (Wildman–Crippen LogP) is 1.85. The van der Waals surface area contributed by atoms with Crippen LogP contribution >= 0.6 is 11.3 Å². The summed E-state index contributed by atoms with van der Waals surface area (Å²) in [4.78, 5) is 30.2. The molecule has 1 aromatic heterocycles. The number of nitrogens with one attached hydrogen (secondary N) is 1. The van der Waals surface area contributed by atoms with E-state index in [9.17, 15) is 18.0 Å². The highest BCUT2D eigenvalue weighted by atomic mass is 32.2. The number of nitrogens with zero attached hydrogens (tertiary/aromatic N) is 2. The highest BCUT2D eigenvalue weighted by Crippen LogP contribution is 2.29. The van der Waals surface area contributed by atoms with Gasteiger partial charge in [0.1, 0.15) is 6.04 Å². The van der Waals surface area contributed by atoms with Gasteiger partial charge in [0.05, 0.1) is 11.7 Å². The Balaban J connectivity index is 1.63. The van der Waals surface area contributed by atoms with Crippen LogP contribution in [0.4, 0.5) is 0 Å². The number of hydrogen-bond acceptors (Lipinski definition) is 5. The van der Waals surface area contributed by atoms with Crippen molar-refractivity contribution in [2.24, 2.45) is 5.92 Å². The lowest BCUT2D eigenvalue weighted by Gasteiger charge is -2.33. The van der Waals surface area contributed by atoms with Gasteiger partial charge in [0.2, 0.25) is 21.8 Å². The molecule has 1 unspecified atom stereocenters. The molecule has 0 spiro atoms. The topological polar surface area (TPSA) is 86.8 Å². The van der Waals surface area contributed by atoms with Gasteiger partial charge >= 0.3 is 0 Å². The number of carbonyl (C=O) groups excluding carboxylic acids is 2. The van der Waals surface area contributed by atoms with Crippen molar-refractivity contribution in [2.75, 3.05) is 20.1 Å². The maximum Gasteiger partial charge on any atom is 0.241 e. The zero-order chi connectivity index (χ0) is 21.2. The standard InChI is InChI=1S/C20H31N3O4S2/c1-14(2)19(21-29(26,27)17-8-9-17)20(25)23-10-4-6-15(23)13-22(3)18(24)12-16-7-5-11-28-16/h5,7,11,14-15,17,19,21H,4,6,8-10,12-13H2,1-3H3/t15?,19-/m1/s1. The first-order chi connectivity index (χ1) is 13.7. The third-order valence-electron chi connectivity index (χ3n) is 5.66. The van der Waals surface area contributed by atoms with E-state index >= 15 is 0 Å². The molecule has 2 amide bonds. The van der Waals surface area contributed by atoms with Gasteiger partial charge in [-0.15, -0.1) is 11.3 Å². The first-order valence-corrected chi connectivity index (χ1v) is 12.7. The van der Waals surface area contributed by atoms with E-state index in [1.54, 1.807) is 28.2 Å². The number of thiophene rings is 1. The fourth-order valence-electron chi connectivity index (χ4n) is 3.73. The number of sulfonamides is 1. The van der Waals surface area contributed by atoms with Crippen molar-refractivity contribution in [3.8, 4) is 0 Å². The summed E-state index contributed by atoms with van der Waals surface area (Å²) in [6, 6.07) is 3.04. The van der Waals surface area contributed by atoms with Gasteiger partial charge in [0.15, 0.2) is 0 Å². The number of likely N-dealkylation sites (N-methyl/N-ethyl adjacent to an activating group) is 1. The Labute approximate surface area is 177 Å². The summed E-state index contributed by atoms with van der Waals surface area (Å²) in [5, 5.41) is 1.60. The molecule has 7 nitrogen and oxygen atoms in total. The molecule has 1 aliphatic carbocycles. The average molecular weight is 442 g/mol. The molecule has 1 N–H and O–H groups in total. The molecule has 29 heavy (non-hydrogen) atoms. The molecule has 162 valence electrons. The van der Waals surface area contributed by atoms with Crippen molar-refractivity contribution < 1.29 is 18.0 Å². The molecule has 0 radical (unpaired) electrons. The van der Waals surface area contributed by atoms with Crippen LogP contribution in [0.2, 0.25) is 0 Å². The first kappa shape index (κ1) is 22.2. The molecular weight excluding hydrogens is 410 g/mol. The Kier molecular flexibility index (Phi) is 7.01. The number of amides is 2. The summed E-state index contributed by atoms with van der Waals surface area (Å²) in [5.41, 5.74) is 0. The molecule has 3 rings (SSSR count). The third-order valence-corrected chi connectivity index (χ3v) is 8.47. The zero-order valence-electron chi connectivity index (χ0n) is 17.3. The van der Waals surface area contributed by atoms with Gasteiger partial charge in [-0.1, -0.05) is 19.9 Å². The maximum absolute atomic E-state index is 13.2. The van der Waals surface area contributed by atoms with Crippen LogP contribution in [0.5, 0.6) is 0 Å². The van der Waals surface area contributed by atoms with Gasteiger partial charge < -0.3 is 9.80 Å². The highest BCUT2D eigenvalue weighted by molar-refractivity contribution is 7.90. The van der Waals surface area contributed by atoms with Crippen molar-refractivity contribution in [2.45, 2.75) is 63.3 Å². The van der Waals surface area contributed by atoms with Crippen LogP contribution in [0.3, 0.4) is 0 Å². The van der Waals surface area contributed by atoms with E-state index in [0.717, 1.165) is 17.7 Å². The van der Waals surface area contributed by atoms with Crippen LogP contribution in [-0.2, 0) is 26.0 Å². The smallest absolute Gasteiger partial charge is 0.241 e. The molecule has 1 saturated carbocycles. The number of likely N-dealkylation sites (tertiary alicyclic amines) is 1. The number of hydrogen-bond donors (Lipinski definition) is 1. The highest BCUT2D eigenvalue weighted by Gasteiger charge is 2.41. The second kappa shape index (κ2) is 9.14. The average Bonchev–Trinajstić information content (AvgIpc) is 3.24. The number of carbonyl (C=O) groups is 2. The summed E-state index contributed by atoms with van der Waals surface area (Å²) in [5.74, 6) is -0.289. The molecule has 2 atom stereocenters. The second-order valence-electron chi connectivity index (χ2n) is 8.44. The Morgan fingerprint density at radius 2 is 2.03 bits per heavy atom. The summed E-state index contributed by atoms with van der Waals surface area (Å²) in [6.07, 6.45) is 3.38. The molecule has 0 bridgehead atoms. The van der Waals surface area contributed by atoms with Gasteiger partial charge in [-0.3, -0.25) is 9.59 Å². The van der Waals surface area contributed by atoms with Gasteiger partial charge in [-0.2, -0.15) is 0 Å². The van der Waals surface area contributed by atoms with Crippen molar-refractivity contribution in [1.29, 1.82) is 0 Å².